The average Bonchev–Trinajstić information content (AvgIpc) is 2.25. The molecule has 0 aliphatic carbocycles. The first-order valence-corrected chi connectivity index (χ1v) is 6.57. The standard InChI is InChI=1S/C10H14N2O3S/c1-11-10(13)9-5-3-8(4-6-9)7-12-16(2,14)15/h3-6,12H,7H2,1-2H3,(H,11,13). The van der Waals surface area contributed by atoms with Crippen LogP contribution in [0.15, 0.2) is 24.3 Å². The van der Waals surface area contributed by atoms with Crippen LogP contribution >= 0.6 is 0 Å². The van der Waals surface area contributed by atoms with Crippen LogP contribution in [0.5, 0.6) is 0 Å². The predicted molar refractivity (Wildman–Crippen MR) is 61.5 cm³/mol. The lowest BCUT2D eigenvalue weighted by Gasteiger charge is -2.04. The van der Waals surface area contributed by atoms with Gasteiger partial charge in [0.1, 0.15) is 0 Å². The maximum atomic E-state index is 11.2. The Balaban J connectivity index is 2.69. The summed E-state index contributed by atoms with van der Waals surface area (Å²) in [6, 6.07) is 6.72. The molecule has 1 rings (SSSR count). The lowest BCUT2D eigenvalue weighted by atomic mass is 10.1. The van der Waals surface area contributed by atoms with Crippen molar-refractivity contribution in [3.8, 4) is 0 Å². The number of carbonyl (C=O) groups excluding carboxylic acids is 1. The Kier molecular flexibility index (Phi) is 4.03. The fraction of sp³-hybridized carbons (Fsp3) is 0.300. The number of benzene rings is 1. The van der Waals surface area contributed by atoms with E-state index in [1.807, 2.05) is 0 Å². The molecule has 0 atom stereocenters. The third-order valence-corrected chi connectivity index (χ3v) is 2.65. The molecule has 0 bridgehead atoms. The summed E-state index contributed by atoms with van der Waals surface area (Å²) in [6.45, 7) is 0.229. The van der Waals surface area contributed by atoms with Crippen LogP contribution in [-0.4, -0.2) is 27.6 Å². The van der Waals surface area contributed by atoms with Crippen molar-refractivity contribution in [3.63, 3.8) is 0 Å². The molecule has 5 nitrogen and oxygen atoms in total. The first kappa shape index (κ1) is 12.7. The first-order chi connectivity index (χ1) is 7.42. The molecule has 2 N–H and O–H groups in total. The van der Waals surface area contributed by atoms with Gasteiger partial charge in [0, 0.05) is 19.2 Å². The lowest BCUT2D eigenvalue weighted by Crippen LogP contribution is -2.21. The van der Waals surface area contributed by atoms with Crippen LogP contribution in [0.2, 0.25) is 0 Å². The molecular formula is C10H14N2O3S. The average molecular weight is 242 g/mol. The van der Waals surface area contributed by atoms with Gasteiger partial charge in [0.25, 0.3) is 5.91 Å². The van der Waals surface area contributed by atoms with Crippen molar-refractivity contribution in [2.45, 2.75) is 6.54 Å². The van der Waals surface area contributed by atoms with E-state index in [2.05, 4.69) is 10.0 Å². The maximum Gasteiger partial charge on any atom is 0.251 e. The third-order valence-electron chi connectivity index (χ3n) is 1.98. The molecule has 0 aromatic heterocycles. The van der Waals surface area contributed by atoms with Gasteiger partial charge in [-0.1, -0.05) is 12.1 Å². The van der Waals surface area contributed by atoms with Gasteiger partial charge < -0.3 is 5.32 Å². The molecule has 0 aliphatic rings. The molecule has 0 unspecified atom stereocenters. The highest BCUT2D eigenvalue weighted by Gasteiger charge is 2.04. The fourth-order valence-electron chi connectivity index (χ4n) is 1.13. The van der Waals surface area contributed by atoms with Crippen LogP contribution < -0.4 is 10.0 Å². The molecular weight excluding hydrogens is 228 g/mol. The summed E-state index contributed by atoms with van der Waals surface area (Å²) in [7, 11) is -1.63. The number of amides is 1. The van der Waals surface area contributed by atoms with Gasteiger partial charge in [-0.25, -0.2) is 13.1 Å². The summed E-state index contributed by atoms with van der Waals surface area (Å²) in [5.74, 6) is -0.164. The van der Waals surface area contributed by atoms with Gasteiger partial charge in [0.15, 0.2) is 0 Å². The second-order valence-corrected chi connectivity index (χ2v) is 5.20. The lowest BCUT2D eigenvalue weighted by molar-refractivity contribution is 0.0963. The minimum absolute atomic E-state index is 0.164. The van der Waals surface area contributed by atoms with E-state index < -0.39 is 10.0 Å². The second-order valence-electron chi connectivity index (χ2n) is 3.37. The monoisotopic (exact) mass is 242 g/mol. The highest BCUT2D eigenvalue weighted by Crippen LogP contribution is 2.04. The SMILES string of the molecule is CNC(=O)c1ccc(CNS(C)(=O)=O)cc1. The Morgan fingerprint density at radius 1 is 1.25 bits per heavy atom. The number of hydrogen-bond donors (Lipinski definition) is 2. The Labute approximate surface area is 94.9 Å². The zero-order chi connectivity index (χ0) is 12.2. The van der Waals surface area contributed by atoms with Crippen LogP contribution in [0.3, 0.4) is 0 Å². The van der Waals surface area contributed by atoms with Crippen molar-refractivity contribution in [2.24, 2.45) is 0 Å². The van der Waals surface area contributed by atoms with E-state index >= 15 is 0 Å². The molecule has 0 spiro atoms. The van der Waals surface area contributed by atoms with E-state index in [0.29, 0.717) is 5.56 Å². The summed E-state index contributed by atoms with van der Waals surface area (Å²) in [5.41, 5.74) is 1.35. The largest absolute Gasteiger partial charge is 0.355 e. The van der Waals surface area contributed by atoms with Crippen molar-refractivity contribution < 1.29 is 13.2 Å². The molecule has 0 saturated heterocycles. The molecule has 0 saturated carbocycles. The normalized spacial score (nSPS) is 11.1. The number of carbonyl (C=O) groups is 1. The Morgan fingerprint density at radius 3 is 2.25 bits per heavy atom. The summed E-state index contributed by atoms with van der Waals surface area (Å²) >= 11 is 0. The van der Waals surface area contributed by atoms with E-state index in [1.54, 1.807) is 31.3 Å². The summed E-state index contributed by atoms with van der Waals surface area (Å²) < 4.78 is 24.1. The molecule has 88 valence electrons. The zero-order valence-electron chi connectivity index (χ0n) is 9.15. The highest BCUT2D eigenvalue weighted by molar-refractivity contribution is 7.88. The zero-order valence-corrected chi connectivity index (χ0v) is 9.97. The predicted octanol–water partition coefficient (Wildman–Crippen LogP) is 0.0954. The molecule has 1 amide bonds. The molecule has 0 aliphatic heterocycles. The van der Waals surface area contributed by atoms with Gasteiger partial charge in [0.2, 0.25) is 10.0 Å². The van der Waals surface area contributed by atoms with Crippen LogP contribution in [0.4, 0.5) is 0 Å². The number of sulfonamides is 1. The smallest absolute Gasteiger partial charge is 0.251 e. The molecule has 6 heteroatoms. The summed E-state index contributed by atoms with van der Waals surface area (Å²) in [6.07, 6.45) is 1.10. The highest BCUT2D eigenvalue weighted by atomic mass is 32.2. The molecule has 16 heavy (non-hydrogen) atoms. The number of rotatable bonds is 4. The van der Waals surface area contributed by atoms with Gasteiger partial charge >= 0.3 is 0 Å². The molecule has 0 fully saturated rings. The van der Waals surface area contributed by atoms with Crippen LogP contribution in [0.1, 0.15) is 15.9 Å². The van der Waals surface area contributed by atoms with Crippen LogP contribution in [-0.2, 0) is 16.6 Å². The molecule has 1 aromatic carbocycles. The summed E-state index contributed by atoms with van der Waals surface area (Å²) in [4.78, 5) is 11.2. The number of hydrogen-bond acceptors (Lipinski definition) is 3. The Morgan fingerprint density at radius 2 is 1.81 bits per heavy atom. The third kappa shape index (κ3) is 4.00. The Hall–Kier alpha value is -1.40. The molecule has 1 aromatic rings. The fourth-order valence-corrected chi connectivity index (χ4v) is 1.56. The van der Waals surface area contributed by atoms with E-state index in [-0.39, 0.29) is 12.5 Å². The van der Waals surface area contributed by atoms with Gasteiger partial charge in [-0.05, 0) is 17.7 Å². The minimum atomic E-state index is -3.18. The van der Waals surface area contributed by atoms with E-state index in [4.69, 9.17) is 0 Å². The van der Waals surface area contributed by atoms with Crippen molar-refractivity contribution in [1.29, 1.82) is 0 Å². The van der Waals surface area contributed by atoms with Gasteiger partial charge in [-0.3, -0.25) is 4.79 Å². The van der Waals surface area contributed by atoms with E-state index in [1.165, 1.54) is 0 Å². The van der Waals surface area contributed by atoms with Crippen molar-refractivity contribution in [1.82, 2.24) is 10.0 Å². The summed E-state index contributed by atoms with van der Waals surface area (Å²) in [5, 5.41) is 2.51. The first-order valence-electron chi connectivity index (χ1n) is 4.68. The molecule has 0 radical (unpaired) electrons. The molecule has 0 heterocycles. The van der Waals surface area contributed by atoms with Gasteiger partial charge in [-0.15, -0.1) is 0 Å². The van der Waals surface area contributed by atoms with Crippen LogP contribution in [0, 0.1) is 0 Å². The van der Waals surface area contributed by atoms with E-state index in [0.717, 1.165) is 11.8 Å². The van der Waals surface area contributed by atoms with Crippen molar-refractivity contribution >= 4 is 15.9 Å². The maximum absolute atomic E-state index is 11.2. The quantitative estimate of drug-likeness (QED) is 0.786. The van der Waals surface area contributed by atoms with E-state index in [9.17, 15) is 13.2 Å². The van der Waals surface area contributed by atoms with Gasteiger partial charge in [0.05, 0.1) is 6.26 Å². The topological polar surface area (TPSA) is 75.3 Å². The van der Waals surface area contributed by atoms with Gasteiger partial charge in [-0.2, -0.15) is 0 Å². The van der Waals surface area contributed by atoms with Crippen molar-refractivity contribution in [2.75, 3.05) is 13.3 Å². The van der Waals surface area contributed by atoms with Crippen molar-refractivity contribution in [3.05, 3.63) is 35.4 Å². The van der Waals surface area contributed by atoms with Crippen LogP contribution in [0.25, 0.3) is 0 Å². The number of nitrogens with one attached hydrogen (secondary N) is 2. The second kappa shape index (κ2) is 5.09. The Bertz CT molecular complexity index is 465. The minimum Gasteiger partial charge on any atom is -0.355 e.